The highest BCUT2D eigenvalue weighted by atomic mass is 35.5. The highest BCUT2D eigenvalue weighted by Gasteiger charge is 2.24. The van der Waals surface area contributed by atoms with E-state index in [9.17, 15) is 4.79 Å². The fourth-order valence-corrected chi connectivity index (χ4v) is 3.21. The number of aromatic nitrogens is 1. The zero-order chi connectivity index (χ0) is 19.3. The molecule has 0 bridgehead atoms. The predicted octanol–water partition coefficient (Wildman–Crippen LogP) is 4.29. The van der Waals surface area contributed by atoms with Crippen LogP contribution in [0.1, 0.15) is 22.1 Å². The molecule has 1 unspecified atom stereocenters. The SMILES string of the molecule is O=C(Nc1ccc(C(Cl)c2ccccc2)cc1)[C@@H]1C=C(c2cccnc2)NO1. The Balaban J connectivity index is 1.41. The molecule has 1 aromatic heterocycles. The van der Waals surface area contributed by atoms with E-state index in [1.807, 2.05) is 66.7 Å². The molecule has 140 valence electrons. The van der Waals surface area contributed by atoms with Crippen LogP contribution in [0.25, 0.3) is 5.70 Å². The first-order valence-electron chi connectivity index (χ1n) is 8.84. The summed E-state index contributed by atoms with van der Waals surface area (Å²) >= 11 is 6.54. The molecule has 0 aliphatic carbocycles. The van der Waals surface area contributed by atoms with E-state index in [2.05, 4.69) is 15.8 Å². The van der Waals surface area contributed by atoms with Gasteiger partial charge >= 0.3 is 0 Å². The minimum absolute atomic E-state index is 0.238. The average Bonchev–Trinajstić information content (AvgIpc) is 3.26. The number of hydrogen-bond acceptors (Lipinski definition) is 4. The zero-order valence-corrected chi connectivity index (χ0v) is 15.6. The van der Waals surface area contributed by atoms with Gasteiger partial charge in [-0.25, -0.2) is 0 Å². The summed E-state index contributed by atoms with van der Waals surface area (Å²) in [6, 6.07) is 21.1. The molecule has 0 saturated heterocycles. The van der Waals surface area contributed by atoms with E-state index in [1.54, 1.807) is 18.5 Å². The number of carbonyl (C=O) groups is 1. The molecular formula is C22H18ClN3O2. The van der Waals surface area contributed by atoms with Gasteiger partial charge in [-0.1, -0.05) is 42.5 Å². The second kappa shape index (κ2) is 8.25. The molecule has 28 heavy (non-hydrogen) atoms. The minimum Gasteiger partial charge on any atom is -0.323 e. The Bertz CT molecular complexity index is 976. The first kappa shape index (κ1) is 18.2. The number of alkyl halides is 1. The van der Waals surface area contributed by atoms with Crippen LogP contribution >= 0.6 is 11.6 Å². The molecule has 2 aromatic carbocycles. The maximum Gasteiger partial charge on any atom is 0.260 e. The summed E-state index contributed by atoms with van der Waals surface area (Å²) in [4.78, 5) is 21.9. The van der Waals surface area contributed by atoms with Crippen LogP contribution < -0.4 is 10.8 Å². The molecule has 4 rings (SSSR count). The van der Waals surface area contributed by atoms with Crippen molar-refractivity contribution in [1.82, 2.24) is 10.5 Å². The summed E-state index contributed by atoms with van der Waals surface area (Å²) in [6.07, 6.45) is 4.40. The van der Waals surface area contributed by atoms with Gasteiger partial charge < -0.3 is 5.32 Å². The van der Waals surface area contributed by atoms with Crippen molar-refractivity contribution in [2.24, 2.45) is 0 Å². The second-order valence-electron chi connectivity index (χ2n) is 6.35. The summed E-state index contributed by atoms with van der Waals surface area (Å²) in [5, 5.41) is 2.62. The number of hydrogen-bond donors (Lipinski definition) is 2. The van der Waals surface area contributed by atoms with Crippen LogP contribution in [-0.2, 0) is 9.63 Å². The van der Waals surface area contributed by atoms with Crippen molar-refractivity contribution < 1.29 is 9.63 Å². The number of pyridine rings is 1. The van der Waals surface area contributed by atoms with Crippen LogP contribution in [0, 0.1) is 0 Å². The van der Waals surface area contributed by atoms with Gasteiger partial charge in [0.25, 0.3) is 5.91 Å². The lowest BCUT2D eigenvalue weighted by Gasteiger charge is -2.12. The third kappa shape index (κ3) is 4.06. The van der Waals surface area contributed by atoms with Crippen molar-refractivity contribution in [1.29, 1.82) is 0 Å². The zero-order valence-electron chi connectivity index (χ0n) is 14.9. The smallest absolute Gasteiger partial charge is 0.260 e. The van der Waals surface area contributed by atoms with Gasteiger partial charge in [0.1, 0.15) is 0 Å². The third-order valence-electron chi connectivity index (χ3n) is 4.41. The first-order chi connectivity index (χ1) is 13.7. The van der Waals surface area contributed by atoms with E-state index in [-0.39, 0.29) is 11.3 Å². The Labute approximate surface area is 168 Å². The van der Waals surface area contributed by atoms with Crippen LogP contribution in [-0.4, -0.2) is 17.0 Å². The highest BCUT2D eigenvalue weighted by Crippen LogP contribution is 2.29. The number of nitrogens with zero attached hydrogens (tertiary/aromatic N) is 1. The molecule has 3 aromatic rings. The number of carbonyl (C=O) groups excluding carboxylic acids is 1. The Kier molecular flexibility index (Phi) is 5.37. The number of amides is 1. The van der Waals surface area contributed by atoms with E-state index in [1.165, 1.54) is 0 Å². The van der Waals surface area contributed by atoms with Gasteiger partial charge in [0, 0.05) is 23.6 Å². The summed E-state index contributed by atoms with van der Waals surface area (Å²) in [6.45, 7) is 0. The monoisotopic (exact) mass is 391 g/mol. The van der Waals surface area contributed by atoms with Crippen molar-refractivity contribution in [3.63, 3.8) is 0 Å². The van der Waals surface area contributed by atoms with E-state index >= 15 is 0 Å². The highest BCUT2D eigenvalue weighted by molar-refractivity contribution is 6.22. The molecule has 0 spiro atoms. The molecule has 0 radical (unpaired) electrons. The van der Waals surface area contributed by atoms with Gasteiger partial charge in [-0.15, -0.1) is 11.6 Å². The molecule has 1 amide bonds. The summed E-state index contributed by atoms with van der Waals surface area (Å²) in [5.74, 6) is -0.260. The van der Waals surface area contributed by atoms with E-state index in [0.717, 1.165) is 22.4 Å². The number of rotatable bonds is 5. The van der Waals surface area contributed by atoms with Crippen molar-refractivity contribution in [2.45, 2.75) is 11.5 Å². The van der Waals surface area contributed by atoms with Crippen LogP contribution in [0.5, 0.6) is 0 Å². The van der Waals surface area contributed by atoms with Gasteiger partial charge in [0.15, 0.2) is 6.10 Å². The van der Waals surface area contributed by atoms with Crippen LogP contribution in [0.4, 0.5) is 5.69 Å². The molecule has 1 aliphatic heterocycles. The fraction of sp³-hybridized carbons (Fsp3) is 0.0909. The topological polar surface area (TPSA) is 63.2 Å². The summed E-state index contributed by atoms with van der Waals surface area (Å²) in [7, 11) is 0. The maximum absolute atomic E-state index is 12.5. The minimum atomic E-state index is -0.722. The lowest BCUT2D eigenvalue weighted by Crippen LogP contribution is -2.28. The average molecular weight is 392 g/mol. The molecule has 0 saturated carbocycles. The lowest BCUT2D eigenvalue weighted by atomic mass is 10.0. The van der Waals surface area contributed by atoms with Crippen molar-refractivity contribution in [3.05, 3.63) is 102 Å². The number of hydroxylamine groups is 1. The Hall–Kier alpha value is -3.15. The summed E-state index contributed by atoms with van der Waals surface area (Å²) < 4.78 is 0. The molecular weight excluding hydrogens is 374 g/mol. The second-order valence-corrected chi connectivity index (χ2v) is 6.78. The van der Waals surface area contributed by atoms with Gasteiger partial charge in [0.05, 0.1) is 11.1 Å². The quantitative estimate of drug-likeness (QED) is 0.637. The summed E-state index contributed by atoms with van der Waals surface area (Å²) in [5.41, 5.74) is 7.02. The number of halogens is 1. The number of benzene rings is 2. The third-order valence-corrected chi connectivity index (χ3v) is 4.91. The van der Waals surface area contributed by atoms with Gasteiger partial charge in [0.2, 0.25) is 0 Å². The van der Waals surface area contributed by atoms with Crippen molar-refractivity contribution >= 4 is 28.9 Å². The van der Waals surface area contributed by atoms with Gasteiger partial charge in [-0.2, -0.15) is 0 Å². The van der Waals surface area contributed by atoms with Gasteiger partial charge in [-0.3, -0.25) is 20.1 Å². The molecule has 2 N–H and O–H groups in total. The van der Waals surface area contributed by atoms with Crippen LogP contribution in [0.15, 0.2) is 85.2 Å². The first-order valence-corrected chi connectivity index (χ1v) is 9.28. The maximum atomic E-state index is 12.5. The Morgan fingerprint density at radius 2 is 1.79 bits per heavy atom. The van der Waals surface area contributed by atoms with E-state index in [4.69, 9.17) is 16.4 Å². The van der Waals surface area contributed by atoms with E-state index in [0.29, 0.717) is 5.69 Å². The van der Waals surface area contributed by atoms with Crippen LogP contribution in [0.2, 0.25) is 0 Å². The van der Waals surface area contributed by atoms with Crippen molar-refractivity contribution in [3.8, 4) is 0 Å². The Morgan fingerprint density at radius 1 is 1.04 bits per heavy atom. The normalized spacial score (nSPS) is 16.8. The van der Waals surface area contributed by atoms with Crippen molar-refractivity contribution in [2.75, 3.05) is 5.32 Å². The largest absolute Gasteiger partial charge is 0.323 e. The predicted molar refractivity (Wildman–Crippen MR) is 109 cm³/mol. The van der Waals surface area contributed by atoms with Gasteiger partial charge in [-0.05, 0) is 41.5 Å². The Morgan fingerprint density at radius 3 is 2.50 bits per heavy atom. The number of nitrogens with one attached hydrogen (secondary N) is 2. The molecule has 0 fully saturated rings. The molecule has 6 heteroatoms. The van der Waals surface area contributed by atoms with E-state index < -0.39 is 6.10 Å². The lowest BCUT2D eigenvalue weighted by molar-refractivity contribution is -0.125. The standard InChI is InChI=1S/C22H18ClN3O2/c23-21(15-5-2-1-3-6-15)16-8-10-18(11-9-16)25-22(27)20-13-19(26-28-20)17-7-4-12-24-14-17/h1-14,20-21,26H,(H,25,27)/t20-,21?/m0/s1. The fourth-order valence-electron chi connectivity index (χ4n) is 2.92. The molecule has 5 nitrogen and oxygen atoms in total. The molecule has 2 heterocycles. The molecule has 2 atom stereocenters. The molecule has 1 aliphatic rings. The van der Waals surface area contributed by atoms with Crippen LogP contribution in [0.3, 0.4) is 0 Å². The number of anilines is 1.